The first-order valence-corrected chi connectivity index (χ1v) is 7.98. The molecule has 1 aromatic rings. The number of nitrogens with one attached hydrogen (secondary N) is 1. The van der Waals surface area contributed by atoms with Gasteiger partial charge in [-0.05, 0) is 31.5 Å². The van der Waals surface area contributed by atoms with Crippen LogP contribution in [0.1, 0.15) is 25.3 Å². The van der Waals surface area contributed by atoms with Crippen LogP contribution in [0.15, 0.2) is 35.0 Å². The Morgan fingerprint density at radius 3 is 2.74 bits per heavy atom. The predicted octanol–water partition coefficient (Wildman–Crippen LogP) is 4.01. The van der Waals surface area contributed by atoms with Crippen molar-refractivity contribution in [3.63, 3.8) is 0 Å². The van der Waals surface area contributed by atoms with Gasteiger partial charge < -0.3 is 15.5 Å². The molecule has 0 fully saturated rings. The van der Waals surface area contributed by atoms with E-state index in [1.807, 2.05) is 0 Å². The maximum Gasteiger partial charge on any atom is 0.336 e. The highest BCUT2D eigenvalue weighted by Gasteiger charge is 2.35. The average molecular weight is 368 g/mol. The molecule has 1 atom stereocenters. The van der Waals surface area contributed by atoms with Gasteiger partial charge in [-0.25, -0.2) is 4.79 Å². The smallest absolute Gasteiger partial charge is 0.336 e. The van der Waals surface area contributed by atoms with E-state index in [2.05, 4.69) is 11.2 Å². The highest BCUT2D eigenvalue weighted by molar-refractivity contribution is 7.80. The number of carbonyl (C=O) groups excluding carboxylic acids is 1. The van der Waals surface area contributed by atoms with E-state index in [4.69, 9.17) is 40.2 Å². The van der Waals surface area contributed by atoms with Gasteiger partial charge in [0, 0.05) is 21.3 Å². The third kappa shape index (κ3) is 3.48. The van der Waals surface area contributed by atoms with Crippen molar-refractivity contribution in [3.05, 3.63) is 56.1 Å². The fourth-order valence-corrected chi connectivity index (χ4v) is 3.27. The molecule has 120 valence electrons. The predicted molar refractivity (Wildman–Crippen MR) is 96.1 cm³/mol. The summed E-state index contributed by atoms with van der Waals surface area (Å²) in [4.78, 5) is 12.7. The molecule has 1 aliphatic rings. The van der Waals surface area contributed by atoms with Crippen LogP contribution in [-0.4, -0.2) is 23.4 Å². The number of nitrogens with zero attached hydrogens (tertiary/aromatic N) is 1. The molecule has 7 heteroatoms. The van der Waals surface area contributed by atoms with Gasteiger partial charge in [0.2, 0.25) is 0 Å². The molecule has 1 unspecified atom stereocenters. The Labute approximate surface area is 149 Å². The third-order valence-electron chi connectivity index (χ3n) is 3.42. The minimum absolute atomic E-state index is 0.225. The topological polar surface area (TPSA) is 60.6 Å². The lowest BCUT2D eigenvalue weighted by atomic mass is 9.81. The molecular formula is C16H13Cl2N2O2S-. The quantitative estimate of drug-likeness (QED) is 0.379. The molecule has 0 saturated carbocycles. The summed E-state index contributed by atoms with van der Waals surface area (Å²) < 4.78 is 5.12. The van der Waals surface area contributed by atoms with Crippen molar-refractivity contribution in [2.75, 3.05) is 6.61 Å². The highest BCUT2D eigenvalue weighted by atomic mass is 35.5. The Morgan fingerprint density at radius 2 is 2.17 bits per heavy atom. The summed E-state index contributed by atoms with van der Waals surface area (Å²) in [6.45, 7) is 3.65. The molecular weight excluding hydrogens is 355 g/mol. The van der Waals surface area contributed by atoms with Crippen molar-refractivity contribution in [2.24, 2.45) is 0 Å². The first kappa shape index (κ1) is 17.7. The summed E-state index contributed by atoms with van der Waals surface area (Å²) in [7, 11) is 0. The molecule has 0 radical (unpaired) electrons. The van der Waals surface area contributed by atoms with Crippen molar-refractivity contribution in [2.45, 2.75) is 19.8 Å². The van der Waals surface area contributed by atoms with Gasteiger partial charge in [-0.3, -0.25) is 5.87 Å². The highest BCUT2D eigenvalue weighted by Crippen LogP contribution is 2.40. The van der Waals surface area contributed by atoms with E-state index in [1.165, 1.54) is 0 Å². The zero-order chi connectivity index (χ0) is 17.1. The Kier molecular flexibility index (Phi) is 5.60. The minimum atomic E-state index is -0.683. The number of halogens is 2. The van der Waals surface area contributed by atoms with Crippen LogP contribution in [0.4, 0.5) is 0 Å². The van der Waals surface area contributed by atoms with Crippen molar-refractivity contribution in [3.8, 4) is 0 Å². The second-order valence-electron chi connectivity index (χ2n) is 4.84. The van der Waals surface area contributed by atoms with Crippen LogP contribution in [0.5, 0.6) is 0 Å². The van der Waals surface area contributed by atoms with Crippen molar-refractivity contribution in [1.82, 2.24) is 5.32 Å². The standard InChI is InChI=1S/C16H13Cl2N2O2S/c1-3-22-16(21)13-8(2)20-15(23)11(7-19)14(13)10-5-4-9(17)6-12(10)18/h4-6,14H,3H2,1-2H3,(H,20,23)/q-1. The second kappa shape index (κ2) is 7.28. The fraction of sp³-hybridized carbons (Fsp3) is 0.250. The zero-order valence-electron chi connectivity index (χ0n) is 12.4. The van der Waals surface area contributed by atoms with E-state index in [0.717, 1.165) is 0 Å². The number of allylic oxidation sites excluding steroid dienone is 1. The number of rotatable bonds is 3. The van der Waals surface area contributed by atoms with Crippen LogP contribution in [0.2, 0.25) is 10.0 Å². The largest absolute Gasteiger partial charge is 0.763 e. The SMILES string of the molecule is CCOC(=O)C1=C(C)NC(=S)C(=C=[N-])C1c1ccc(Cl)cc1Cl. The molecule has 1 heterocycles. The monoisotopic (exact) mass is 367 g/mol. The Bertz CT molecular complexity index is 767. The summed E-state index contributed by atoms with van der Waals surface area (Å²) >= 11 is 17.4. The molecule has 0 saturated heterocycles. The summed E-state index contributed by atoms with van der Waals surface area (Å²) in [5, 5.41) is 13.2. The Balaban J connectivity index is 2.69. The maximum absolute atomic E-state index is 12.4. The number of hydrogen-bond acceptors (Lipinski definition) is 3. The molecule has 4 nitrogen and oxygen atoms in total. The van der Waals surface area contributed by atoms with Gasteiger partial charge in [-0.15, -0.1) is 0 Å². The van der Waals surface area contributed by atoms with Crippen LogP contribution in [0.3, 0.4) is 0 Å². The first-order chi connectivity index (χ1) is 10.9. The first-order valence-electron chi connectivity index (χ1n) is 6.81. The van der Waals surface area contributed by atoms with Gasteiger partial charge in [0.05, 0.1) is 18.1 Å². The minimum Gasteiger partial charge on any atom is -0.763 e. The number of carbonyl (C=O) groups is 1. The van der Waals surface area contributed by atoms with Crippen molar-refractivity contribution in [1.29, 1.82) is 0 Å². The Hall–Kier alpha value is -1.65. The lowest BCUT2D eigenvalue weighted by Gasteiger charge is -2.31. The fourth-order valence-electron chi connectivity index (χ4n) is 2.44. The van der Waals surface area contributed by atoms with E-state index >= 15 is 0 Å². The van der Waals surface area contributed by atoms with Crippen molar-refractivity contribution < 1.29 is 9.53 Å². The van der Waals surface area contributed by atoms with E-state index in [1.54, 1.807) is 32.0 Å². The molecule has 23 heavy (non-hydrogen) atoms. The molecule has 0 aliphatic carbocycles. The molecule has 0 spiro atoms. The van der Waals surface area contributed by atoms with Gasteiger partial charge in [-0.1, -0.05) is 41.5 Å². The number of ether oxygens (including phenoxy) is 1. The summed E-state index contributed by atoms with van der Waals surface area (Å²) in [5.41, 5.74) is 1.70. The summed E-state index contributed by atoms with van der Waals surface area (Å²) in [6, 6.07) is 4.91. The van der Waals surface area contributed by atoms with Gasteiger partial charge in [-0.2, -0.15) is 0 Å². The molecule has 0 amide bonds. The van der Waals surface area contributed by atoms with Gasteiger partial charge >= 0.3 is 5.97 Å². The Morgan fingerprint density at radius 1 is 1.48 bits per heavy atom. The number of benzene rings is 1. The maximum atomic E-state index is 12.4. The van der Waals surface area contributed by atoms with Crippen LogP contribution in [0.25, 0.3) is 5.41 Å². The van der Waals surface area contributed by atoms with E-state index < -0.39 is 11.9 Å². The van der Waals surface area contributed by atoms with E-state index in [0.29, 0.717) is 26.9 Å². The van der Waals surface area contributed by atoms with Gasteiger partial charge in [0.1, 0.15) is 4.99 Å². The molecule has 0 aromatic heterocycles. The second-order valence-corrected chi connectivity index (χ2v) is 6.09. The molecule has 1 aromatic carbocycles. The zero-order valence-corrected chi connectivity index (χ0v) is 14.8. The van der Waals surface area contributed by atoms with Crippen LogP contribution in [-0.2, 0) is 9.53 Å². The lowest BCUT2D eigenvalue weighted by Crippen LogP contribution is -2.35. The average Bonchev–Trinajstić information content (AvgIpc) is 2.46. The summed E-state index contributed by atoms with van der Waals surface area (Å²) in [6.07, 6.45) is 0. The lowest BCUT2D eigenvalue weighted by molar-refractivity contribution is -0.138. The number of esters is 1. The normalized spacial score (nSPS) is 17.7. The van der Waals surface area contributed by atoms with Crippen molar-refractivity contribution >= 4 is 52.2 Å². The van der Waals surface area contributed by atoms with Gasteiger partial charge in [0.25, 0.3) is 0 Å². The van der Waals surface area contributed by atoms with Crippen LogP contribution < -0.4 is 5.32 Å². The third-order valence-corrected chi connectivity index (χ3v) is 4.30. The molecule has 1 aliphatic heterocycles. The molecule has 2 rings (SSSR count). The molecule has 1 N–H and O–H groups in total. The van der Waals surface area contributed by atoms with Crippen LogP contribution >= 0.6 is 35.4 Å². The van der Waals surface area contributed by atoms with Crippen LogP contribution in [0, 0.1) is 0 Å². The number of hydrogen-bond donors (Lipinski definition) is 1. The number of thiocarbonyl (C=S) groups is 1. The van der Waals surface area contributed by atoms with E-state index in [9.17, 15) is 10.2 Å². The van der Waals surface area contributed by atoms with E-state index in [-0.39, 0.29) is 17.2 Å². The van der Waals surface area contributed by atoms with Gasteiger partial charge in [0.15, 0.2) is 0 Å². The molecule has 0 bridgehead atoms. The summed E-state index contributed by atoms with van der Waals surface area (Å²) in [5.74, 6) is 0.878.